The highest BCUT2D eigenvalue weighted by molar-refractivity contribution is 5.93. The van der Waals surface area contributed by atoms with Crippen molar-refractivity contribution in [1.82, 2.24) is 5.32 Å². The largest absolute Gasteiger partial charge is 0.481 e. The van der Waals surface area contributed by atoms with Gasteiger partial charge in [0.2, 0.25) is 5.91 Å². The van der Waals surface area contributed by atoms with Gasteiger partial charge in [-0.3, -0.25) is 9.59 Å². The van der Waals surface area contributed by atoms with E-state index in [2.05, 4.69) is 19.2 Å². The second kappa shape index (κ2) is 10.9. The molecule has 1 unspecified atom stereocenters. The first kappa shape index (κ1) is 24.9. The standard InChI is InChI=1S/C27H36N2O4/c1-4-27(5-2)22-15-21(26(28)32)12-11-20(22)16-23(33-3)25(27)29-14-13-19(17-24(30)31)18-9-7-6-8-10-18/h6-12,15,19,23,25,29H,4-5,13-14,16-17H2,1-3H3,(H2,28,32)(H,30,31)/t19?,23-,25+/m0/s1. The number of nitrogens with one attached hydrogen (secondary N) is 1. The minimum absolute atomic E-state index is 0.0218. The zero-order chi connectivity index (χ0) is 24.0. The molecule has 1 amide bonds. The van der Waals surface area contributed by atoms with E-state index in [1.54, 1.807) is 13.2 Å². The van der Waals surface area contributed by atoms with Crippen LogP contribution in [0.5, 0.6) is 0 Å². The van der Waals surface area contributed by atoms with Gasteiger partial charge in [-0.25, -0.2) is 0 Å². The van der Waals surface area contributed by atoms with Crippen molar-refractivity contribution in [2.75, 3.05) is 13.7 Å². The van der Waals surface area contributed by atoms with Crippen LogP contribution in [-0.2, 0) is 21.4 Å². The zero-order valence-electron chi connectivity index (χ0n) is 19.8. The Bertz CT molecular complexity index is 956. The molecule has 6 heteroatoms. The molecule has 4 N–H and O–H groups in total. The first-order chi connectivity index (χ1) is 15.9. The predicted molar refractivity (Wildman–Crippen MR) is 130 cm³/mol. The van der Waals surface area contributed by atoms with Gasteiger partial charge >= 0.3 is 5.97 Å². The van der Waals surface area contributed by atoms with Crippen molar-refractivity contribution < 1.29 is 19.4 Å². The number of rotatable bonds is 11. The van der Waals surface area contributed by atoms with Gasteiger partial charge < -0.3 is 20.9 Å². The highest BCUT2D eigenvalue weighted by Gasteiger charge is 2.46. The van der Waals surface area contributed by atoms with Gasteiger partial charge in [-0.15, -0.1) is 0 Å². The Morgan fingerprint density at radius 1 is 1.18 bits per heavy atom. The first-order valence-electron chi connectivity index (χ1n) is 11.8. The van der Waals surface area contributed by atoms with Gasteiger partial charge in [0.05, 0.1) is 12.5 Å². The second-order valence-electron chi connectivity index (χ2n) is 9.00. The van der Waals surface area contributed by atoms with Gasteiger partial charge in [-0.2, -0.15) is 0 Å². The van der Waals surface area contributed by atoms with Crippen LogP contribution in [0.3, 0.4) is 0 Å². The smallest absolute Gasteiger partial charge is 0.303 e. The fourth-order valence-corrected chi connectivity index (χ4v) is 5.58. The maximum atomic E-state index is 11.9. The van der Waals surface area contributed by atoms with Crippen molar-refractivity contribution in [2.24, 2.45) is 5.73 Å². The number of hydrogen-bond donors (Lipinski definition) is 3. The minimum atomic E-state index is -0.791. The summed E-state index contributed by atoms with van der Waals surface area (Å²) in [6, 6.07) is 15.6. The molecule has 0 bridgehead atoms. The summed E-state index contributed by atoms with van der Waals surface area (Å²) < 4.78 is 5.96. The third-order valence-electron chi connectivity index (χ3n) is 7.43. The van der Waals surface area contributed by atoms with Crippen LogP contribution in [0.15, 0.2) is 48.5 Å². The molecule has 178 valence electrons. The minimum Gasteiger partial charge on any atom is -0.481 e. The van der Waals surface area contributed by atoms with Crippen molar-refractivity contribution in [2.45, 2.75) is 69.4 Å². The van der Waals surface area contributed by atoms with E-state index in [-0.39, 0.29) is 29.9 Å². The van der Waals surface area contributed by atoms with Crippen molar-refractivity contribution in [1.29, 1.82) is 0 Å². The van der Waals surface area contributed by atoms with E-state index in [4.69, 9.17) is 10.5 Å². The van der Waals surface area contributed by atoms with E-state index in [0.717, 1.165) is 24.8 Å². The topological polar surface area (TPSA) is 102 Å². The van der Waals surface area contributed by atoms with Crippen LogP contribution in [0.2, 0.25) is 0 Å². The van der Waals surface area contributed by atoms with E-state index >= 15 is 0 Å². The maximum absolute atomic E-state index is 11.9. The Hall–Kier alpha value is -2.70. The predicted octanol–water partition coefficient (Wildman–Crippen LogP) is 4.02. The molecule has 0 saturated carbocycles. The number of primary amides is 1. The lowest BCUT2D eigenvalue weighted by molar-refractivity contribution is -0.137. The van der Waals surface area contributed by atoms with Gasteiger partial charge in [0.1, 0.15) is 0 Å². The van der Waals surface area contributed by atoms with Crippen molar-refractivity contribution in [3.63, 3.8) is 0 Å². The zero-order valence-corrected chi connectivity index (χ0v) is 19.8. The molecule has 0 aromatic heterocycles. The number of fused-ring (bicyclic) bond motifs is 1. The Balaban J connectivity index is 1.87. The summed E-state index contributed by atoms with van der Waals surface area (Å²) in [5.74, 6) is -1.27. The number of carbonyl (C=O) groups is 2. The molecule has 0 saturated heterocycles. The van der Waals surface area contributed by atoms with Gasteiger partial charge in [0, 0.05) is 30.6 Å². The summed E-state index contributed by atoms with van der Waals surface area (Å²) in [5, 5.41) is 13.2. The molecule has 0 fully saturated rings. The average molecular weight is 453 g/mol. The van der Waals surface area contributed by atoms with Gasteiger partial charge in [-0.1, -0.05) is 50.2 Å². The summed E-state index contributed by atoms with van der Waals surface area (Å²) in [6.07, 6.45) is 3.30. The van der Waals surface area contributed by atoms with Gasteiger partial charge in [0.15, 0.2) is 0 Å². The molecule has 2 aromatic carbocycles. The number of carboxylic acids is 1. The molecule has 3 rings (SSSR count). The first-order valence-corrected chi connectivity index (χ1v) is 11.8. The number of ether oxygens (including phenoxy) is 1. The molecular weight excluding hydrogens is 416 g/mol. The van der Waals surface area contributed by atoms with Crippen LogP contribution in [0, 0.1) is 0 Å². The number of benzene rings is 2. The number of aliphatic carboxylic acids is 1. The molecule has 0 radical (unpaired) electrons. The summed E-state index contributed by atoms with van der Waals surface area (Å²) in [5.41, 5.74) is 9.31. The normalized spacial score (nSPS) is 20.1. The Labute approximate surface area is 196 Å². The Morgan fingerprint density at radius 3 is 2.45 bits per heavy atom. The van der Waals surface area contributed by atoms with Gasteiger partial charge in [-0.05, 0) is 60.5 Å². The maximum Gasteiger partial charge on any atom is 0.303 e. The van der Waals surface area contributed by atoms with Crippen LogP contribution >= 0.6 is 0 Å². The monoisotopic (exact) mass is 452 g/mol. The lowest BCUT2D eigenvalue weighted by Gasteiger charge is -2.49. The number of methoxy groups -OCH3 is 1. The van der Waals surface area contributed by atoms with Crippen molar-refractivity contribution in [3.8, 4) is 0 Å². The van der Waals surface area contributed by atoms with Crippen LogP contribution in [-0.4, -0.2) is 42.8 Å². The number of nitrogens with two attached hydrogens (primary N) is 1. The fourth-order valence-electron chi connectivity index (χ4n) is 5.58. The van der Waals surface area contributed by atoms with E-state index in [1.807, 2.05) is 42.5 Å². The quantitative estimate of drug-likeness (QED) is 0.478. The van der Waals surface area contributed by atoms with E-state index < -0.39 is 11.9 Å². The molecule has 0 aliphatic heterocycles. The lowest BCUT2D eigenvalue weighted by atomic mass is 9.62. The van der Waals surface area contributed by atoms with E-state index in [9.17, 15) is 14.7 Å². The average Bonchev–Trinajstić information content (AvgIpc) is 2.82. The number of hydrogen-bond acceptors (Lipinski definition) is 4. The summed E-state index contributed by atoms with van der Waals surface area (Å²) >= 11 is 0. The molecule has 0 spiro atoms. The molecule has 3 atom stereocenters. The van der Waals surface area contributed by atoms with Crippen LogP contribution in [0.1, 0.15) is 72.5 Å². The SMILES string of the molecule is CCC1(CC)c2cc(C(N)=O)ccc2C[C@H](OC)[C@H]1NCCC(CC(=O)O)c1ccccc1. The van der Waals surface area contributed by atoms with Crippen LogP contribution in [0.25, 0.3) is 0 Å². The van der Waals surface area contributed by atoms with Crippen LogP contribution < -0.4 is 11.1 Å². The second-order valence-corrected chi connectivity index (χ2v) is 9.00. The van der Waals surface area contributed by atoms with Crippen molar-refractivity contribution >= 4 is 11.9 Å². The molecule has 2 aromatic rings. The third-order valence-corrected chi connectivity index (χ3v) is 7.43. The number of amides is 1. The summed E-state index contributed by atoms with van der Waals surface area (Å²) in [4.78, 5) is 23.4. The Morgan fingerprint density at radius 2 is 1.88 bits per heavy atom. The molecule has 1 aliphatic rings. The molecule has 0 heterocycles. The number of carboxylic acid groups (broad SMARTS) is 1. The highest BCUT2D eigenvalue weighted by atomic mass is 16.5. The fraction of sp³-hybridized carbons (Fsp3) is 0.481. The van der Waals surface area contributed by atoms with Gasteiger partial charge in [0.25, 0.3) is 0 Å². The summed E-state index contributed by atoms with van der Waals surface area (Å²) in [7, 11) is 1.75. The summed E-state index contributed by atoms with van der Waals surface area (Å²) in [6.45, 7) is 5.02. The van der Waals surface area contributed by atoms with E-state index in [1.165, 1.54) is 11.1 Å². The molecule has 1 aliphatic carbocycles. The third kappa shape index (κ3) is 5.28. The molecule has 33 heavy (non-hydrogen) atoms. The van der Waals surface area contributed by atoms with Crippen molar-refractivity contribution in [3.05, 3.63) is 70.8 Å². The molecular formula is C27H36N2O4. The molecule has 6 nitrogen and oxygen atoms in total. The van der Waals surface area contributed by atoms with E-state index in [0.29, 0.717) is 18.5 Å². The lowest BCUT2D eigenvalue weighted by Crippen LogP contribution is -2.59. The Kier molecular flexibility index (Phi) is 8.27. The number of carbonyl (C=O) groups excluding carboxylic acids is 1. The highest BCUT2D eigenvalue weighted by Crippen LogP contribution is 2.44. The van der Waals surface area contributed by atoms with Crippen LogP contribution in [0.4, 0.5) is 0 Å².